The Balaban J connectivity index is 2.21. The van der Waals surface area contributed by atoms with Crippen LogP contribution in [0.5, 0.6) is 5.88 Å². The Morgan fingerprint density at radius 3 is 2.62 bits per heavy atom. The van der Waals surface area contributed by atoms with Gasteiger partial charge in [-0.25, -0.2) is 4.98 Å². The number of halogens is 2. The second kappa shape index (κ2) is 8.07. The molecule has 0 saturated carbocycles. The number of rotatable bonds is 7. The maximum Gasteiger partial charge on any atom is 0.228 e. The van der Waals surface area contributed by atoms with Gasteiger partial charge in [0.15, 0.2) is 0 Å². The van der Waals surface area contributed by atoms with Gasteiger partial charge in [-0.1, -0.05) is 32.6 Å². The van der Waals surface area contributed by atoms with Crippen LogP contribution >= 0.6 is 31.9 Å². The molecule has 0 fully saturated rings. The fourth-order valence-corrected chi connectivity index (χ4v) is 2.48. The predicted octanol–water partition coefficient (Wildman–Crippen LogP) is 4.96. The fourth-order valence-electron chi connectivity index (χ4n) is 1.38. The lowest BCUT2D eigenvalue weighted by molar-refractivity contribution is 0.291. The Morgan fingerprint density at radius 1 is 1.19 bits per heavy atom. The number of hydrogen-bond donors (Lipinski definition) is 0. The van der Waals surface area contributed by atoms with Crippen LogP contribution in [0, 0.1) is 0 Å². The first-order valence-electron chi connectivity index (χ1n) is 5.68. The van der Waals surface area contributed by atoms with Gasteiger partial charge in [0.25, 0.3) is 0 Å². The number of aromatic nitrogens is 1. The van der Waals surface area contributed by atoms with E-state index in [0.29, 0.717) is 5.88 Å². The van der Waals surface area contributed by atoms with Crippen molar-refractivity contribution in [3.63, 3.8) is 0 Å². The molecule has 0 aliphatic heterocycles. The van der Waals surface area contributed by atoms with E-state index in [2.05, 4.69) is 43.8 Å². The highest BCUT2D eigenvalue weighted by Gasteiger charge is 2.02. The number of hydrogen-bond acceptors (Lipinski definition) is 2. The van der Waals surface area contributed by atoms with Gasteiger partial charge in [0.2, 0.25) is 5.88 Å². The summed E-state index contributed by atoms with van der Waals surface area (Å²) in [6.45, 7) is 2.97. The molecule has 0 saturated heterocycles. The highest BCUT2D eigenvalue weighted by atomic mass is 79.9. The van der Waals surface area contributed by atoms with E-state index >= 15 is 0 Å². The average molecular weight is 351 g/mol. The van der Waals surface area contributed by atoms with Crippen molar-refractivity contribution in [2.45, 2.75) is 39.0 Å². The Bertz CT molecular complexity index is 318. The minimum Gasteiger partial charge on any atom is -0.477 e. The van der Waals surface area contributed by atoms with Gasteiger partial charge in [0.1, 0.15) is 0 Å². The van der Waals surface area contributed by atoms with Gasteiger partial charge in [-0.3, -0.25) is 0 Å². The van der Waals surface area contributed by atoms with Crippen molar-refractivity contribution in [1.82, 2.24) is 4.98 Å². The highest BCUT2D eigenvalue weighted by Crippen LogP contribution is 2.25. The van der Waals surface area contributed by atoms with E-state index in [1.54, 1.807) is 6.20 Å². The summed E-state index contributed by atoms with van der Waals surface area (Å²) >= 11 is 6.78. The predicted molar refractivity (Wildman–Crippen MR) is 73.9 cm³/mol. The lowest BCUT2D eigenvalue weighted by Gasteiger charge is -2.06. The minimum atomic E-state index is 0.679. The first-order chi connectivity index (χ1) is 7.74. The van der Waals surface area contributed by atoms with Gasteiger partial charge in [0, 0.05) is 10.7 Å². The number of ether oxygens (including phenoxy) is 1. The lowest BCUT2D eigenvalue weighted by atomic mass is 10.2. The van der Waals surface area contributed by atoms with Crippen LogP contribution in [0.3, 0.4) is 0 Å². The summed E-state index contributed by atoms with van der Waals surface area (Å²) in [4.78, 5) is 4.20. The summed E-state index contributed by atoms with van der Waals surface area (Å²) in [5.41, 5.74) is 0. The standard InChI is InChI=1S/C12H17Br2NO/c1-2-3-4-5-6-7-16-12-11(14)8-10(13)9-15-12/h8-9H,2-7H2,1H3. The van der Waals surface area contributed by atoms with E-state index < -0.39 is 0 Å². The third kappa shape index (κ3) is 5.30. The molecule has 0 amide bonds. The van der Waals surface area contributed by atoms with Gasteiger partial charge in [-0.15, -0.1) is 0 Å². The van der Waals surface area contributed by atoms with E-state index in [9.17, 15) is 0 Å². The van der Waals surface area contributed by atoms with Crippen LogP contribution in [0.1, 0.15) is 39.0 Å². The summed E-state index contributed by atoms with van der Waals surface area (Å²) in [6, 6.07) is 1.94. The number of unbranched alkanes of at least 4 members (excludes halogenated alkanes) is 4. The van der Waals surface area contributed by atoms with Crippen molar-refractivity contribution in [2.24, 2.45) is 0 Å². The van der Waals surface area contributed by atoms with E-state index in [4.69, 9.17) is 4.74 Å². The zero-order valence-electron chi connectivity index (χ0n) is 9.51. The molecule has 0 aliphatic rings. The maximum absolute atomic E-state index is 5.59. The number of pyridine rings is 1. The molecule has 0 atom stereocenters. The molecule has 1 aromatic rings. The first kappa shape index (κ1) is 14.0. The van der Waals surface area contributed by atoms with E-state index in [0.717, 1.165) is 22.0 Å². The summed E-state index contributed by atoms with van der Waals surface area (Å²) < 4.78 is 7.45. The molecular formula is C12H17Br2NO. The summed E-state index contributed by atoms with van der Waals surface area (Å²) in [6.07, 6.45) is 7.99. The largest absolute Gasteiger partial charge is 0.477 e. The van der Waals surface area contributed by atoms with Crippen molar-refractivity contribution in [1.29, 1.82) is 0 Å². The molecular weight excluding hydrogens is 334 g/mol. The van der Waals surface area contributed by atoms with Crippen LogP contribution in [0.15, 0.2) is 21.2 Å². The monoisotopic (exact) mass is 349 g/mol. The molecule has 0 radical (unpaired) electrons. The lowest BCUT2D eigenvalue weighted by Crippen LogP contribution is -1.99. The molecule has 0 unspecified atom stereocenters. The van der Waals surface area contributed by atoms with Crippen LogP contribution in [0.25, 0.3) is 0 Å². The topological polar surface area (TPSA) is 22.1 Å². The molecule has 4 heteroatoms. The van der Waals surface area contributed by atoms with Crippen LogP contribution < -0.4 is 4.74 Å². The van der Waals surface area contributed by atoms with Crippen molar-refractivity contribution in [3.05, 3.63) is 21.2 Å². The first-order valence-corrected chi connectivity index (χ1v) is 7.26. The van der Waals surface area contributed by atoms with Crippen LogP contribution in [0.2, 0.25) is 0 Å². The smallest absolute Gasteiger partial charge is 0.228 e. The van der Waals surface area contributed by atoms with Gasteiger partial charge in [-0.2, -0.15) is 0 Å². The molecule has 1 rings (SSSR count). The average Bonchev–Trinajstić information content (AvgIpc) is 2.26. The van der Waals surface area contributed by atoms with E-state index in [1.165, 1.54) is 25.7 Å². The third-order valence-electron chi connectivity index (χ3n) is 2.26. The molecule has 0 spiro atoms. The summed E-state index contributed by atoms with van der Waals surface area (Å²) in [7, 11) is 0. The molecule has 1 heterocycles. The molecule has 16 heavy (non-hydrogen) atoms. The van der Waals surface area contributed by atoms with Crippen molar-refractivity contribution >= 4 is 31.9 Å². The molecule has 0 bridgehead atoms. The molecule has 2 nitrogen and oxygen atoms in total. The Hall–Kier alpha value is -0.0900. The zero-order valence-corrected chi connectivity index (χ0v) is 12.7. The van der Waals surface area contributed by atoms with Crippen molar-refractivity contribution in [3.8, 4) is 5.88 Å². The van der Waals surface area contributed by atoms with E-state index in [1.807, 2.05) is 6.07 Å². The fraction of sp³-hybridized carbons (Fsp3) is 0.583. The second-order valence-corrected chi connectivity index (χ2v) is 5.47. The van der Waals surface area contributed by atoms with Crippen molar-refractivity contribution < 1.29 is 4.74 Å². The van der Waals surface area contributed by atoms with Crippen LogP contribution in [0.4, 0.5) is 0 Å². The minimum absolute atomic E-state index is 0.679. The Labute approximate surface area is 114 Å². The van der Waals surface area contributed by atoms with Gasteiger partial charge >= 0.3 is 0 Å². The molecule has 0 aliphatic carbocycles. The van der Waals surface area contributed by atoms with Gasteiger partial charge in [0.05, 0.1) is 11.1 Å². The van der Waals surface area contributed by atoms with Gasteiger partial charge in [-0.05, 0) is 44.3 Å². The quantitative estimate of drug-likeness (QED) is 0.648. The van der Waals surface area contributed by atoms with E-state index in [-0.39, 0.29) is 0 Å². The van der Waals surface area contributed by atoms with Gasteiger partial charge < -0.3 is 4.74 Å². The third-order valence-corrected chi connectivity index (χ3v) is 3.26. The Kier molecular flexibility index (Phi) is 7.05. The van der Waals surface area contributed by atoms with Crippen molar-refractivity contribution in [2.75, 3.05) is 6.61 Å². The van der Waals surface area contributed by atoms with Crippen LogP contribution in [-0.2, 0) is 0 Å². The normalized spacial score (nSPS) is 10.4. The number of nitrogens with zero attached hydrogens (tertiary/aromatic N) is 1. The maximum atomic E-state index is 5.59. The van der Waals surface area contributed by atoms with Crippen LogP contribution in [-0.4, -0.2) is 11.6 Å². The molecule has 90 valence electrons. The summed E-state index contributed by atoms with van der Waals surface area (Å²) in [5.74, 6) is 0.679. The molecule has 1 aromatic heterocycles. The second-order valence-electron chi connectivity index (χ2n) is 3.70. The highest BCUT2D eigenvalue weighted by molar-refractivity contribution is 9.11. The Morgan fingerprint density at radius 2 is 1.94 bits per heavy atom. The zero-order chi connectivity index (χ0) is 11.8. The summed E-state index contributed by atoms with van der Waals surface area (Å²) in [5, 5.41) is 0. The molecule has 0 aromatic carbocycles. The molecule has 0 N–H and O–H groups in total. The SMILES string of the molecule is CCCCCCCOc1ncc(Br)cc1Br.